The number of nitrogens with zero attached hydrogens (tertiary/aromatic N) is 3. The summed E-state index contributed by atoms with van der Waals surface area (Å²) in [6, 6.07) is 5.85. The van der Waals surface area contributed by atoms with Crippen molar-refractivity contribution in [2.24, 2.45) is 5.92 Å². The molecule has 1 fully saturated rings. The molecule has 11 heteroatoms. The molecule has 1 aromatic carbocycles. The van der Waals surface area contributed by atoms with E-state index in [1.54, 1.807) is 6.20 Å². The number of rotatable bonds is 6. The van der Waals surface area contributed by atoms with Crippen LogP contribution in [0.1, 0.15) is 45.4 Å². The maximum Gasteiger partial charge on any atom is 0.407 e. The molecule has 2 atom stereocenters. The van der Waals surface area contributed by atoms with E-state index >= 15 is 0 Å². The number of fused-ring (bicyclic) bond motifs is 1. The number of nitrogens with one attached hydrogen (secondary N) is 2. The topological polar surface area (TPSA) is 88.6 Å². The first kappa shape index (κ1) is 28.5. The molecule has 8 nitrogen and oxygen atoms in total. The van der Waals surface area contributed by atoms with E-state index in [-0.39, 0.29) is 24.2 Å². The van der Waals surface area contributed by atoms with Crippen molar-refractivity contribution < 1.29 is 27.4 Å². The van der Waals surface area contributed by atoms with Gasteiger partial charge >= 0.3 is 6.09 Å². The lowest BCUT2D eigenvalue weighted by atomic mass is 9.94. The minimum atomic E-state index is -0.889. The quantitative estimate of drug-likeness (QED) is 0.385. The highest BCUT2D eigenvalue weighted by molar-refractivity contribution is 5.76. The molecular weight excluding hydrogens is 535 g/mol. The van der Waals surface area contributed by atoms with Crippen LogP contribution in [0.4, 0.5) is 29.3 Å². The second-order valence-corrected chi connectivity index (χ2v) is 11.6. The molecule has 1 saturated heterocycles. The summed E-state index contributed by atoms with van der Waals surface area (Å²) in [5, 5.41) is 6.35. The standard InChI is InChI=1S/C30H34F3N5O3/c1-17-12-19(37-29(39)41-30(2,3)4)16-38(15-17)27-20-10-11-40-28(20)35-14-24(27)34-13-18-8-9-23(33)26(36-18)25-21(31)6-5-7-22(25)32/h5-9,14,17,19,34H,10-13,15-16H2,1-4H3,(H,37,39)/t17-,19?/m1/s1. The predicted octanol–water partition coefficient (Wildman–Crippen LogP) is 5.85. The second-order valence-electron chi connectivity index (χ2n) is 11.6. The lowest BCUT2D eigenvalue weighted by Gasteiger charge is -2.39. The van der Waals surface area contributed by atoms with Crippen molar-refractivity contribution in [2.75, 3.05) is 29.9 Å². The van der Waals surface area contributed by atoms with E-state index < -0.39 is 34.7 Å². The maximum atomic E-state index is 14.6. The Labute approximate surface area is 237 Å². The van der Waals surface area contributed by atoms with E-state index in [0.29, 0.717) is 36.8 Å². The molecule has 0 radical (unpaired) electrons. The number of aromatic nitrogens is 2. The van der Waals surface area contributed by atoms with Crippen LogP contribution in [0.15, 0.2) is 36.5 Å². The van der Waals surface area contributed by atoms with E-state index in [1.165, 1.54) is 12.1 Å². The van der Waals surface area contributed by atoms with Gasteiger partial charge in [0.1, 0.15) is 28.7 Å². The third kappa shape index (κ3) is 6.49. The van der Waals surface area contributed by atoms with E-state index in [0.717, 1.165) is 42.4 Å². The van der Waals surface area contributed by atoms with Gasteiger partial charge in [0, 0.05) is 31.1 Å². The number of hydrogen-bond donors (Lipinski definition) is 2. The Bertz CT molecular complexity index is 1430. The molecule has 1 unspecified atom stereocenters. The van der Waals surface area contributed by atoms with Crippen LogP contribution in [-0.2, 0) is 17.7 Å². The van der Waals surface area contributed by atoms with Gasteiger partial charge in [0.25, 0.3) is 0 Å². The van der Waals surface area contributed by atoms with Gasteiger partial charge in [-0.3, -0.25) is 0 Å². The summed E-state index contributed by atoms with van der Waals surface area (Å²) in [6.45, 7) is 9.58. The fourth-order valence-electron chi connectivity index (χ4n) is 5.40. The average molecular weight is 570 g/mol. The first-order valence-corrected chi connectivity index (χ1v) is 13.7. The van der Waals surface area contributed by atoms with Gasteiger partial charge in [-0.1, -0.05) is 13.0 Å². The summed E-state index contributed by atoms with van der Waals surface area (Å²) in [5.74, 6) is -1.75. The lowest BCUT2D eigenvalue weighted by Crippen LogP contribution is -2.51. The van der Waals surface area contributed by atoms with Crippen molar-refractivity contribution in [3.05, 3.63) is 65.2 Å². The average Bonchev–Trinajstić information content (AvgIpc) is 3.36. The molecule has 41 heavy (non-hydrogen) atoms. The number of alkyl carbamates (subject to hydrolysis) is 1. The molecule has 218 valence electrons. The molecule has 2 aliphatic rings. The summed E-state index contributed by atoms with van der Waals surface area (Å²) >= 11 is 0. The van der Waals surface area contributed by atoms with Crippen molar-refractivity contribution in [2.45, 2.75) is 58.7 Å². The molecule has 2 N–H and O–H groups in total. The van der Waals surface area contributed by atoms with Crippen molar-refractivity contribution in [3.63, 3.8) is 0 Å². The minimum absolute atomic E-state index is 0.135. The van der Waals surface area contributed by atoms with Crippen molar-refractivity contribution in [3.8, 4) is 17.1 Å². The van der Waals surface area contributed by atoms with E-state index in [1.807, 2.05) is 20.8 Å². The van der Waals surface area contributed by atoms with Crippen LogP contribution in [0.2, 0.25) is 0 Å². The molecule has 0 spiro atoms. The number of carbonyl (C=O) groups is 1. The Kier molecular flexibility index (Phi) is 7.97. The van der Waals surface area contributed by atoms with Gasteiger partial charge in [0.2, 0.25) is 5.88 Å². The summed E-state index contributed by atoms with van der Waals surface area (Å²) in [7, 11) is 0. The number of benzene rings is 1. The molecule has 0 aliphatic carbocycles. The van der Waals surface area contributed by atoms with Gasteiger partial charge in [0.15, 0.2) is 0 Å². The van der Waals surface area contributed by atoms with Gasteiger partial charge in [-0.05, 0) is 57.4 Å². The van der Waals surface area contributed by atoms with Crippen LogP contribution in [0.25, 0.3) is 11.3 Å². The molecule has 3 aromatic rings. The van der Waals surface area contributed by atoms with Gasteiger partial charge in [-0.2, -0.15) is 0 Å². The summed E-state index contributed by atoms with van der Waals surface area (Å²) < 4.78 is 54.6. The zero-order valence-corrected chi connectivity index (χ0v) is 23.6. The molecule has 1 amide bonds. The number of hydrogen-bond acceptors (Lipinski definition) is 7. The highest BCUT2D eigenvalue weighted by atomic mass is 19.1. The second kappa shape index (κ2) is 11.5. The molecule has 4 heterocycles. The Morgan fingerprint density at radius 3 is 2.61 bits per heavy atom. The first-order chi connectivity index (χ1) is 19.5. The van der Waals surface area contributed by atoms with Gasteiger partial charge in [0.05, 0.1) is 42.0 Å². The van der Waals surface area contributed by atoms with Crippen LogP contribution in [0, 0.1) is 23.4 Å². The van der Waals surface area contributed by atoms with E-state index in [9.17, 15) is 18.0 Å². The fourth-order valence-corrected chi connectivity index (χ4v) is 5.40. The summed E-state index contributed by atoms with van der Waals surface area (Å²) in [4.78, 5) is 23.4. The van der Waals surface area contributed by atoms with Gasteiger partial charge in [-0.15, -0.1) is 0 Å². The molecular formula is C30H34F3N5O3. The first-order valence-electron chi connectivity index (χ1n) is 13.7. The normalized spacial score (nSPS) is 18.5. The molecule has 2 aliphatic heterocycles. The zero-order valence-electron chi connectivity index (χ0n) is 23.6. The Balaban J connectivity index is 1.40. The van der Waals surface area contributed by atoms with E-state index in [4.69, 9.17) is 9.47 Å². The van der Waals surface area contributed by atoms with Crippen LogP contribution in [0.3, 0.4) is 0 Å². The van der Waals surface area contributed by atoms with Gasteiger partial charge in [-0.25, -0.2) is 27.9 Å². The summed E-state index contributed by atoms with van der Waals surface area (Å²) in [6.07, 6.45) is 2.70. The number of amides is 1. The Morgan fingerprint density at radius 1 is 1.12 bits per heavy atom. The zero-order chi connectivity index (χ0) is 29.3. The van der Waals surface area contributed by atoms with Crippen LogP contribution in [-0.4, -0.2) is 47.4 Å². The van der Waals surface area contributed by atoms with Gasteiger partial charge < -0.3 is 25.0 Å². The number of carbonyl (C=O) groups excluding carboxylic acids is 1. The van der Waals surface area contributed by atoms with E-state index in [2.05, 4.69) is 32.4 Å². The monoisotopic (exact) mass is 569 g/mol. The number of anilines is 2. The summed E-state index contributed by atoms with van der Waals surface area (Å²) in [5.41, 5.74) is 1.49. The predicted molar refractivity (Wildman–Crippen MR) is 149 cm³/mol. The third-order valence-electron chi connectivity index (χ3n) is 6.96. The van der Waals surface area contributed by atoms with Crippen molar-refractivity contribution in [1.29, 1.82) is 0 Å². The highest BCUT2D eigenvalue weighted by Crippen LogP contribution is 2.40. The van der Waals surface area contributed by atoms with Crippen molar-refractivity contribution in [1.82, 2.24) is 15.3 Å². The van der Waals surface area contributed by atoms with Crippen LogP contribution >= 0.6 is 0 Å². The number of piperidine rings is 1. The molecule has 0 saturated carbocycles. The smallest absolute Gasteiger partial charge is 0.407 e. The number of pyridine rings is 2. The van der Waals surface area contributed by atoms with Crippen LogP contribution in [0.5, 0.6) is 5.88 Å². The lowest BCUT2D eigenvalue weighted by molar-refractivity contribution is 0.0495. The third-order valence-corrected chi connectivity index (χ3v) is 6.96. The minimum Gasteiger partial charge on any atom is -0.477 e. The largest absolute Gasteiger partial charge is 0.477 e. The number of halogens is 3. The number of ether oxygens (including phenoxy) is 2. The molecule has 5 rings (SSSR count). The molecule has 2 aromatic heterocycles. The highest BCUT2D eigenvalue weighted by Gasteiger charge is 2.32. The Morgan fingerprint density at radius 2 is 1.88 bits per heavy atom. The van der Waals surface area contributed by atoms with Crippen molar-refractivity contribution >= 4 is 17.5 Å². The Hall–Kier alpha value is -4.02. The van der Waals surface area contributed by atoms with Crippen LogP contribution < -0.4 is 20.3 Å². The fraction of sp³-hybridized carbons (Fsp3) is 0.433. The maximum absolute atomic E-state index is 14.6. The SMILES string of the molecule is C[C@@H]1CC(NC(=O)OC(C)(C)C)CN(c2c(NCc3ccc(F)c(-c4c(F)cccc4F)n3)cnc3c2CCO3)C1. The molecule has 0 bridgehead atoms.